The highest BCUT2D eigenvalue weighted by molar-refractivity contribution is 5.98. The molecule has 0 spiro atoms. The Morgan fingerprint density at radius 2 is 2.00 bits per heavy atom. The van der Waals surface area contributed by atoms with Crippen molar-refractivity contribution < 1.29 is 9.53 Å². The highest BCUT2D eigenvalue weighted by atomic mass is 16.5. The maximum absolute atomic E-state index is 11.9. The number of carbonyl (C=O) groups is 1. The first kappa shape index (κ1) is 20.1. The van der Waals surface area contributed by atoms with E-state index < -0.39 is 5.91 Å². The molecule has 1 fully saturated rings. The normalized spacial score (nSPS) is 19.3. The second-order valence-electron chi connectivity index (χ2n) is 7.77. The van der Waals surface area contributed by atoms with Crippen LogP contribution >= 0.6 is 0 Å². The second kappa shape index (κ2) is 7.91. The molecule has 4 heterocycles. The summed E-state index contributed by atoms with van der Waals surface area (Å²) in [6, 6.07) is 2.49. The Morgan fingerprint density at radius 3 is 2.60 bits per heavy atom. The molecule has 0 bridgehead atoms. The van der Waals surface area contributed by atoms with Crippen LogP contribution in [0.2, 0.25) is 0 Å². The fraction of sp³-hybridized carbons (Fsp3) is 0.429. The van der Waals surface area contributed by atoms with E-state index in [1.807, 2.05) is 13.8 Å². The van der Waals surface area contributed by atoms with Gasteiger partial charge in [-0.15, -0.1) is 0 Å². The third-order valence-corrected chi connectivity index (χ3v) is 5.25. The summed E-state index contributed by atoms with van der Waals surface area (Å²) in [5, 5.41) is 8.08. The molecule has 0 aliphatic carbocycles. The second-order valence-corrected chi connectivity index (χ2v) is 7.77. The van der Waals surface area contributed by atoms with E-state index in [0.29, 0.717) is 35.7 Å². The minimum absolute atomic E-state index is 0.318. The van der Waals surface area contributed by atoms with Crippen LogP contribution in [0.1, 0.15) is 36.8 Å². The van der Waals surface area contributed by atoms with Gasteiger partial charge in [0.2, 0.25) is 0 Å². The van der Waals surface area contributed by atoms with E-state index in [2.05, 4.69) is 39.1 Å². The van der Waals surface area contributed by atoms with Gasteiger partial charge in [0.1, 0.15) is 11.6 Å². The molecular weight excluding hydrogens is 382 g/mol. The molecule has 1 amide bonds. The number of nitrogens with two attached hydrogens (primary N) is 1. The van der Waals surface area contributed by atoms with Gasteiger partial charge < -0.3 is 20.7 Å². The van der Waals surface area contributed by atoms with Crippen LogP contribution in [-0.2, 0) is 0 Å². The number of hydrogen-bond donors (Lipinski definition) is 2. The number of carbonyl (C=O) groups excluding carboxylic acids is 1. The van der Waals surface area contributed by atoms with Crippen LogP contribution < -0.4 is 20.7 Å². The van der Waals surface area contributed by atoms with Crippen molar-refractivity contribution in [1.82, 2.24) is 24.9 Å². The Balaban J connectivity index is 1.73. The molecule has 9 heteroatoms. The quantitative estimate of drug-likeness (QED) is 0.661. The van der Waals surface area contributed by atoms with Gasteiger partial charge in [-0.3, -0.25) is 9.78 Å². The van der Waals surface area contributed by atoms with Crippen molar-refractivity contribution in [2.45, 2.75) is 39.8 Å². The van der Waals surface area contributed by atoms with Gasteiger partial charge in [0.25, 0.3) is 5.91 Å². The van der Waals surface area contributed by atoms with E-state index in [9.17, 15) is 4.79 Å². The third-order valence-electron chi connectivity index (χ3n) is 5.25. The minimum atomic E-state index is -0.547. The number of rotatable bonds is 5. The predicted octanol–water partition coefficient (Wildman–Crippen LogP) is 1.78. The fourth-order valence-electron chi connectivity index (χ4n) is 4.10. The third kappa shape index (κ3) is 3.68. The maximum Gasteiger partial charge on any atom is 0.252 e. The number of aromatic nitrogens is 4. The first-order valence-corrected chi connectivity index (χ1v) is 10.2. The highest BCUT2D eigenvalue weighted by Gasteiger charge is 2.23. The number of aryl methyl sites for hydroxylation is 1. The number of anilines is 1. The van der Waals surface area contributed by atoms with Crippen molar-refractivity contribution in [3.63, 3.8) is 0 Å². The first-order valence-electron chi connectivity index (χ1n) is 10.2. The van der Waals surface area contributed by atoms with E-state index >= 15 is 0 Å². The standard InChI is InChI=1S/C21H27N7O2/c1-5-30-18-11-28-17(6-15(18)21(22)29)20(14(4)26-28)16-7-24-19(8-23-16)27-9-12(2)25-13(3)10-27/h6-8,11-13,25H,5,9-10H2,1-4H3,(H2,22,29)/t12-,13+. The lowest BCUT2D eigenvalue weighted by molar-refractivity contribution is 0.0996. The Hall–Kier alpha value is -3.20. The molecule has 3 aromatic heterocycles. The molecule has 3 N–H and O–H groups in total. The van der Waals surface area contributed by atoms with Crippen molar-refractivity contribution in [3.8, 4) is 17.0 Å². The number of primary amides is 1. The van der Waals surface area contributed by atoms with Gasteiger partial charge in [0.05, 0.1) is 53.2 Å². The summed E-state index contributed by atoms with van der Waals surface area (Å²) >= 11 is 0. The SMILES string of the molecule is CCOc1cn2nc(C)c(-c3cnc(N4C[C@@H](C)N[C@@H](C)C4)cn3)c2cc1C(N)=O. The summed E-state index contributed by atoms with van der Waals surface area (Å²) in [5.41, 5.74) is 8.92. The summed E-state index contributed by atoms with van der Waals surface area (Å²) < 4.78 is 7.25. The van der Waals surface area contributed by atoms with Crippen molar-refractivity contribution in [2.75, 3.05) is 24.6 Å². The number of piperazine rings is 1. The Morgan fingerprint density at radius 1 is 1.27 bits per heavy atom. The van der Waals surface area contributed by atoms with Crippen LogP contribution in [-0.4, -0.2) is 57.3 Å². The van der Waals surface area contributed by atoms with Crippen LogP contribution in [0, 0.1) is 6.92 Å². The van der Waals surface area contributed by atoms with Gasteiger partial charge in [-0.05, 0) is 33.8 Å². The van der Waals surface area contributed by atoms with E-state index in [1.165, 1.54) is 0 Å². The summed E-state index contributed by atoms with van der Waals surface area (Å²) in [6.07, 6.45) is 5.24. The van der Waals surface area contributed by atoms with Gasteiger partial charge in [0, 0.05) is 25.2 Å². The summed E-state index contributed by atoms with van der Waals surface area (Å²) in [7, 11) is 0. The van der Waals surface area contributed by atoms with Crippen LogP contribution in [0.4, 0.5) is 5.82 Å². The van der Waals surface area contributed by atoms with Gasteiger partial charge in [-0.2, -0.15) is 5.10 Å². The maximum atomic E-state index is 11.9. The van der Waals surface area contributed by atoms with Crippen molar-refractivity contribution >= 4 is 17.2 Å². The first-order chi connectivity index (χ1) is 14.4. The molecule has 1 aliphatic heterocycles. The predicted molar refractivity (Wildman–Crippen MR) is 115 cm³/mol. The molecule has 1 saturated heterocycles. The van der Waals surface area contributed by atoms with E-state index in [0.717, 1.165) is 35.7 Å². The number of nitrogens with one attached hydrogen (secondary N) is 1. The lowest BCUT2D eigenvalue weighted by Crippen LogP contribution is -2.54. The topological polar surface area (TPSA) is 111 Å². The van der Waals surface area contributed by atoms with Gasteiger partial charge in [-0.1, -0.05) is 0 Å². The number of nitrogens with zero attached hydrogens (tertiary/aromatic N) is 5. The lowest BCUT2D eigenvalue weighted by atomic mass is 10.1. The Bertz CT molecular complexity index is 1070. The molecule has 30 heavy (non-hydrogen) atoms. The summed E-state index contributed by atoms with van der Waals surface area (Å²) in [4.78, 5) is 23.5. The van der Waals surface area contributed by atoms with Crippen molar-refractivity contribution in [1.29, 1.82) is 0 Å². The fourth-order valence-corrected chi connectivity index (χ4v) is 4.10. The molecule has 158 valence electrons. The monoisotopic (exact) mass is 409 g/mol. The molecule has 1 aliphatic rings. The molecular formula is C21H27N7O2. The molecule has 2 atom stereocenters. The average molecular weight is 409 g/mol. The number of fused-ring (bicyclic) bond motifs is 1. The molecule has 0 radical (unpaired) electrons. The average Bonchev–Trinajstić information content (AvgIpc) is 3.01. The van der Waals surface area contributed by atoms with E-state index in [1.54, 1.807) is 29.2 Å². The summed E-state index contributed by atoms with van der Waals surface area (Å²) in [5.74, 6) is 0.716. The van der Waals surface area contributed by atoms with E-state index in [4.69, 9.17) is 10.5 Å². The lowest BCUT2D eigenvalue weighted by Gasteiger charge is -2.36. The molecule has 4 rings (SSSR count). The van der Waals surface area contributed by atoms with Gasteiger partial charge in [-0.25, -0.2) is 9.50 Å². The van der Waals surface area contributed by atoms with Crippen LogP contribution in [0.25, 0.3) is 16.8 Å². The largest absolute Gasteiger partial charge is 0.491 e. The number of ether oxygens (including phenoxy) is 1. The molecule has 3 aromatic rings. The minimum Gasteiger partial charge on any atom is -0.491 e. The van der Waals surface area contributed by atoms with Crippen LogP contribution in [0.5, 0.6) is 5.75 Å². The number of hydrogen-bond acceptors (Lipinski definition) is 7. The highest BCUT2D eigenvalue weighted by Crippen LogP contribution is 2.30. The zero-order valence-corrected chi connectivity index (χ0v) is 17.7. The van der Waals surface area contributed by atoms with Crippen molar-refractivity contribution in [3.05, 3.63) is 35.9 Å². The van der Waals surface area contributed by atoms with Gasteiger partial charge >= 0.3 is 0 Å². The summed E-state index contributed by atoms with van der Waals surface area (Å²) in [6.45, 7) is 10.3. The molecule has 9 nitrogen and oxygen atoms in total. The Labute approximate surface area is 175 Å². The molecule has 0 saturated carbocycles. The van der Waals surface area contributed by atoms with Crippen LogP contribution in [0.15, 0.2) is 24.7 Å². The van der Waals surface area contributed by atoms with Crippen molar-refractivity contribution in [2.24, 2.45) is 5.73 Å². The molecule has 0 unspecified atom stereocenters. The number of pyridine rings is 1. The number of amides is 1. The van der Waals surface area contributed by atoms with Gasteiger partial charge in [0.15, 0.2) is 0 Å². The van der Waals surface area contributed by atoms with Crippen LogP contribution in [0.3, 0.4) is 0 Å². The zero-order chi connectivity index (χ0) is 21.4. The molecule has 0 aromatic carbocycles. The van der Waals surface area contributed by atoms with E-state index in [-0.39, 0.29) is 0 Å². The Kier molecular flexibility index (Phi) is 5.29. The smallest absolute Gasteiger partial charge is 0.252 e. The zero-order valence-electron chi connectivity index (χ0n) is 17.7.